The fraction of sp³-hybridized carbons (Fsp3) is 0.700. The zero-order valence-electron chi connectivity index (χ0n) is 18.8. The van der Waals surface area contributed by atoms with Crippen molar-refractivity contribution in [3.05, 3.63) is 35.4 Å². The Bertz CT molecular complexity index is 965. The van der Waals surface area contributed by atoms with Crippen molar-refractivity contribution in [2.75, 3.05) is 0 Å². The van der Waals surface area contributed by atoms with Crippen LogP contribution in [-0.4, -0.2) is 52.7 Å². The van der Waals surface area contributed by atoms with Crippen molar-refractivity contribution in [3.63, 3.8) is 0 Å². The van der Waals surface area contributed by atoms with E-state index in [0.29, 0.717) is 0 Å². The Labute approximate surface area is 202 Å². The van der Waals surface area contributed by atoms with E-state index in [-0.39, 0.29) is 17.9 Å². The van der Waals surface area contributed by atoms with Crippen molar-refractivity contribution in [2.24, 2.45) is 5.92 Å². The van der Waals surface area contributed by atoms with Crippen LogP contribution in [0.25, 0.3) is 0 Å². The molecule has 1 unspecified atom stereocenters. The number of benzene rings is 1. The van der Waals surface area contributed by atoms with E-state index in [1.54, 1.807) is 13.8 Å². The molecule has 0 saturated heterocycles. The van der Waals surface area contributed by atoms with E-state index in [4.69, 9.17) is 0 Å². The molecule has 38 heavy (non-hydrogen) atoms. The summed E-state index contributed by atoms with van der Waals surface area (Å²) in [5.74, 6) is -57.0. The van der Waals surface area contributed by atoms with Crippen LogP contribution < -0.4 is 0 Å². The van der Waals surface area contributed by atoms with E-state index in [1.165, 1.54) is 6.07 Å². The van der Waals surface area contributed by atoms with Crippen LogP contribution in [0.5, 0.6) is 0 Å². The van der Waals surface area contributed by atoms with Gasteiger partial charge >= 0.3 is 47.6 Å². The van der Waals surface area contributed by atoms with Gasteiger partial charge in [0.15, 0.2) is 0 Å². The molecule has 0 bridgehead atoms. The topological polar surface area (TPSA) is 20.2 Å². The SMILES string of the molecule is CC(C)Cc1cccc(C(O)CC(F)(F)C(F)(F)C(F)(F)C(F)(F)C(F)(F)C(F)(F)C(F)(F)C(F)(F)F)c1. The lowest BCUT2D eigenvalue weighted by atomic mass is 9.87. The number of alkyl halides is 17. The molecular weight excluding hydrogens is 579 g/mol. The van der Waals surface area contributed by atoms with Gasteiger partial charge in [-0.25, -0.2) is 0 Å². The van der Waals surface area contributed by atoms with Gasteiger partial charge < -0.3 is 5.11 Å². The number of rotatable bonds is 11. The molecule has 1 aromatic rings. The molecule has 222 valence electrons. The molecule has 0 heterocycles. The first kappa shape index (κ1) is 34.0. The van der Waals surface area contributed by atoms with E-state index in [9.17, 15) is 79.7 Å². The lowest BCUT2D eigenvalue weighted by molar-refractivity contribution is -0.462. The summed E-state index contributed by atoms with van der Waals surface area (Å²) in [6, 6.07) is 4.10. The van der Waals surface area contributed by atoms with Crippen molar-refractivity contribution >= 4 is 0 Å². The van der Waals surface area contributed by atoms with Crippen LogP contribution in [0, 0.1) is 5.92 Å². The van der Waals surface area contributed by atoms with Crippen LogP contribution in [0.1, 0.15) is 37.5 Å². The molecule has 18 heteroatoms. The number of halogens is 17. The maximum atomic E-state index is 14.1. The van der Waals surface area contributed by atoms with Crippen molar-refractivity contribution in [1.82, 2.24) is 0 Å². The molecule has 0 amide bonds. The molecule has 0 aliphatic carbocycles. The molecule has 1 nitrogen and oxygen atoms in total. The van der Waals surface area contributed by atoms with Gasteiger partial charge in [0.25, 0.3) is 0 Å². The van der Waals surface area contributed by atoms with Gasteiger partial charge in [-0.15, -0.1) is 0 Å². The highest BCUT2D eigenvalue weighted by atomic mass is 19.4. The maximum absolute atomic E-state index is 14.1. The van der Waals surface area contributed by atoms with Gasteiger partial charge in [0.2, 0.25) is 0 Å². The van der Waals surface area contributed by atoms with E-state index < -0.39 is 65.7 Å². The van der Waals surface area contributed by atoms with E-state index >= 15 is 0 Å². The van der Waals surface area contributed by atoms with Crippen LogP contribution >= 0.6 is 0 Å². The Balaban J connectivity index is 3.50. The second-order valence-corrected chi connectivity index (χ2v) is 8.71. The van der Waals surface area contributed by atoms with Gasteiger partial charge in [0.05, 0.1) is 6.10 Å². The summed E-state index contributed by atoms with van der Waals surface area (Å²) in [6.07, 6.45) is -13.4. The molecule has 1 atom stereocenters. The number of aliphatic hydroxyl groups excluding tert-OH is 1. The Morgan fingerprint density at radius 2 is 1.00 bits per heavy atom. The molecule has 0 aromatic heterocycles. The first-order valence-corrected chi connectivity index (χ1v) is 10.0. The van der Waals surface area contributed by atoms with E-state index in [0.717, 1.165) is 18.2 Å². The van der Waals surface area contributed by atoms with Crippen LogP contribution in [0.3, 0.4) is 0 Å². The normalized spacial score (nSPS) is 16.2. The first-order chi connectivity index (χ1) is 16.5. The maximum Gasteiger partial charge on any atom is 0.460 e. The highest BCUT2D eigenvalue weighted by Crippen LogP contribution is 2.64. The lowest BCUT2D eigenvalue weighted by Crippen LogP contribution is -2.74. The lowest BCUT2D eigenvalue weighted by Gasteiger charge is -2.43. The van der Waals surface area contributed by atoms with Crippen LogP contribution in [0.15, 0.2) is 24.3 Å². The van der Waals surface area contributed by atoms with E-state index in [1.807, 2.05) is 0 Å². The van der Waals surface area contributed by atoms with Crippen LogP contribution in [-0.2, 0) is 6.42 Å². The fourth-order valence-corrected chi connectivity index (χ4v) is 3.08. The Morgan fingerprint density at radius 1 is 0.605 bits per heavy atom. The second kappa shape index (κ2) is 9.87. The average Bonchev–Trinajstić information content (AvgIpc) is 2.71. The minimum atomic E-state index is -8.67. The van der Waals surface area contributed by atoms with Gasteiger partial charge in [-0.3, -0.25) is 0 Å². The summed E-state index contributed by atoms with van der Waals surface area (Å²) < 4.78 is 227. The molecule has 1 N–H and O–H groups in total. The predicted octanol–water partition coefficient (Wildman–Crippen LogP) is 8.32. The highest BCUT2D eigenvalue weighted by Gasteiger charge is 2.95. The predicted molar refractivity (Wildman–Crippen MR) is 95.2 cm³/mol. The number of hydrogen-bond acceptors (Lipinski definition) is 1. The second-order valence-electron chi connectivity index (χ2n) is 8.71. The first-order valence-electron chi connectivity index (χ1n) is 10.0. The highest BCUT2D eigenvalue weighted by molar-refractivity contribution is 5.26. The monoisotopic (exact) mass is 596 g/mol. The molecule has 1 rings (SSSR count). The molecule has 0 saturated carbocycles. The standard InChI is InChI=1S/C20H17F17O/c1-9(2)6-10-4-3-5-11(7-10)12(38)8-13(21,22)14(23,24)15(25,26)16(27,28)17(29,30)18(31,32)19(33,34)20(35,36)37/h3-5,7,9,12,38H,6,8H2,1-2H3. The molecular formula is C20H17F17O. The Kier molecular flexibility index (Phi) is 8.84. The van der Waals surface area contributed by atoms with Crippen molar-refractivity contribution < 1.29 is 79.7 Å². The molecule has 1 aromatic carbocycles. The molecule has 0 aliphatic heterocycles. The third kappa shape index (κ3) is 5.24. The van der Waals surface area contributed by atoms with Crippen molar-refractivity contribution in [1.29, 1.82) is 0 Å². The molecule has 0 fully saturated rings. The minimum absolute atomic E-state index is 0.0985. The molecule has 0 spiro atoms. The van der Waals surface area contributed by atoms with E-state index in [2.05, 4.69) is 0 Å². The largest absolute Gasteiger partial charge is 0.460 e. The number of aliphatic hydroxyl groups is 1. The smallest absolute Gasteiger partial charge is 0.388 e. The summed E-state index contributed by atoms with van der Waals surface area (Å²) in [5, 5.41) is 9.79. The van der Waals surface area contributed by atoms with Crippen molar-refractivity contribution in [2.45, 2.75) is 80.4 Å². The van der Waals surface area contributed by atoms with Gasteiger partial charge in [-0.2, -0.15) is 74.6 Å². The summed E-state index contributed by atoms with van der Waals surface area (Å²) in [7, 11) is 0. The van der Waals surface area contributed by atoms with Gasteiger partial charge in [0.1, 0.15) is 0 Å². The summed E-state index contributed by atoms with van der Waals surface area (Å²) in [6.45, 7) is 3.31. The fourth-order valence-electron chi connectivity index (χ4n) is 3.08. The quantitative estimate of drug-likeness (QED) is 0.255. The van der Waals surface area contributed by atoms with Crippen molar-refractivity contribution in [3.8, 4) is 0 Å². The summed E-state index contributed by atoms with van der Waals surface area (Å²) >= 11 is 0. The van der Waals surface area contributed by atoms with Crippen LogP contribution in [0.4, 0.5) is 74.6 Å². The van der Waals surface area contributed by atoms with Crippen LogP contribution in [0.2, 0.25) is 0 Å². The summed E-state index contributed by atoms with van der Waals surface area (Å²) in [5.41, 5.74) is -0.411. The summed E-state index contributed by atoms with van der Waals surface area (Å²) in [4.78, 5) is 0. The number of hydrogen-bond donors (Lipinski definition) is 1. The Hall–Kier alpha value is -2.01. The zero-order chi connectivity index (χ0) is 30.6. The van der Waals surface area contributed by atoms with Gasteiger partial charge in [0, 0.05) is 6.42 Å². The average molecular weight is 596 g/mol. The van der Waals surface area contributed by atoms with Gasteiger partial charge in [-0.1, -0.05) is 38.1 Å². The molecule has 0 radical (unpaired) electrons. The molecule has 0 aliphatic rings. The minimum Gasteiger partial charge on any atom is -0.388 e. The third-order valence-electron chi connectivity index (χ3n) is 5.22. The zero-order valence-corrected chi connectivity index (χ0v) is 18.8. The Morgan fingerprint density at radius 3 is 1.39 bits per heavy atom. The van der Waals surface area contributed by atoms with Gasteiger partial charge in [-0.05, 0) is 23.5 Å². The third-order valence-corrected chi connectivity index (χ3v) is 5.22.